The van der Waals surface area contributed by atoms with E-state index in [-0.39, 0.29) is 0 Å². The molecule has 2 heteroatoms. The van der Waals surface area contributed by atoms with Crippen LogP contribution in [0.3, 0.4) is 0 Å². The second kappa shape index (κ2) is 6.88. The quantitative estimate of drug-likeness (QED) is 0.720. The lowest BCUT2D eigenvalue weighted by Gasteiger charge is -2.43. The van der Waals surface area contributed by atoms with E-state index in [1.54, 1.807) is 7.11 Å². The minimum absolute atomic E-state index is 0.459. The van der Waals surface area contributed by atoms with Crippen molar-refractivity contribution in [2.24, 2.45) is 5.41 Å². The summed E-state index contributed by atoms with van der Waals surface area (Å²) in [5.74, 6) is 0. The van der Waals surface area contributed by atoms with Gasteiger partial charge in [0.2, 0.25) is 0 Å². The number of benzene rings is 1. The number of rotatable bonds is 8. The molecule has 0 amide bonds. The molecular weight excluding hydrogens is 236 g/mol. The highest BCUT2D eigenvalue weighted by Crippen LogP contribution is 2.44. The molecule has 0 aliphatic rings. The van der Waals surface area contributed by atoms with Gasteiger partial charge >= 0.3 is 0 Å². The van der Waals surface area contributed by atoms with Crippen LogP contribution in [-0.4, -0.2) is 18.8 Å². The van der Waals surface area contributed by atoms with Crippen molar-refractivity contribution >= 4 is 0 Å². The molecule has 0 radical (unpaired) electrons. The molecule has 0 unspecified atom stereocenters. The summed E-state index contributed by atoms with van der Waals surface area (Å²) in [6.45, 7) is 8.44. The molecule has 0 spiro atoms. The van der Waals surface area contributed by atoms with Crippen molar-refractivity contribution in [2.75, 3.05) is 13.7 Å². The number of aliphatic hydroxyl groups is 1. The van der Waals surface area contributed by atoms with Crippen LogP contribution in [0.15, 0.2) is 43.0 Å². The highest BCUT2D eigenvalue weighted by molar-refractivity contribution is 5.27. The molecule has 0 fully saturated rings. The van der Waals surface area contributed by atoms with E-state index in [4.69, 9.17) is 4.74 Å². The van der Waals surface area contributed by atoms with E-state index in [1.165, 1.54) is 0 Å². The summed E-state index contributed by atoms with van der Waals surface area (Å²) in [6, 6.07) is 9.77. The summed E-state index contributed by atoms with van der Waals surface area (Å²) in [4.78, 5) is 0. The molecule has 2 atom stereocenters. The van der Waals surface area contributed by atoms with Gasteiger partial charge in [-0.05, 0) is 18.9 Å². The van der Waals surface area contributed by atoms with E-state index in [2.05, 4.69) is 13.5 Å². The van der Waals surface area contributed by atoms with Gasteiger partial charge in [0.1, 0.15) is 0 Å². The maximum atomic E-state index is 11.1. The van der Waals surface area contributed by atoms with Crippen LogP contribution in [0.1, 0.15) is 38.7 Å². The Hall–Kier alpha value is -1.12. The Bertz CT molecular complexity index is 384. The van der Waals surface area contributed by atoms with Gasteiger partial charge < -0.3 is 9.84 Å². The van der Waals surface area contributed by atoms with Crippen LogP contribution in [0, 0.1) is 5.41 Å². The molecule has 19 heavy (non-hydrogen) atoms. The van der Waals surface area contributed by atoms with Crippen molar-refractivity contribution in [1.82, 2.24) is 0 Å². The monoisotopic (exact) mass is 262 g/mol. The first-order valence-corrected chi connectivity index (χ1v) is 6.94. The third kappa shape index (κ3) is 3.26. The van der Waals surface area contributed by atoms with E-state index in [0.29, 0.717) is 6.61 Å². The fourth-order valence-corrected chi connectivity index (χ4v) is 2.62. The summed E-state index contributed by atoms with van der Waals surface area (Å²) in [7, 11) is 1.67. The number of hydrogen-bond acceptors (Lipinski definition) is 2. The van der Waals surface area contributed by atoms with Gasteiger partial charge in [-0.2, -0.15) is 0 Å². The third-order valence-corrected chi connectivity index (χ3v) is 4.07. The smallest absolute Gasteiger partial charge is 0.0980 e. The largest absolute Gasteiger partial charge is 0.384 e. The number of hydrogen-bond donors (Lipinski definition) is 1. The summed E-state index contributed by atoms with van der Waals surface area (Å²) >= 11 is 0. The SMILES string of the molecule is C=C[C@](CCCC)(COC)[C@](C)(O)c1ccccc1. The Labute approximate surface area is 117 Å². The predicted octanol–water partition coefficient (Wildman–Crippen LogP) is 3.90. The van der Waals surface area contributed by atoms with E-state index in [1.807, 2.05) is 43.3 Å². The van der Waals surface area contributed by atoms with E-state index in [0.717, 1.165) is 24.8 Å². The first-order valence-electron chi connectivity index (χ1n) is 6.94. The Kier molecular flexibility index (Phi) is 5.77. The van der Waals surface area contributed by atoms with Gasteiger partial charge in [-0.3, -0.25) is 0 Å². The van der Waals surface area contributed by atoms with Crippen LogP contribution in [0.25, 0.3) is 0 Å². The van der Waals surface area contributed by atoms with Gasteiger partial charge in [0, 0.05) is 12.5 Å². The van der Waals surface area contributed by atoms with E-state index < -0.39 is 11.0 Å². The summed E-state index contributed by atoms with van der Waals surface area (Å²) in [6.07, 6.45) is 4.85. The fourth-order valence-electron chi connectivity index (χ4n) is 2.62. The van der Waals surface area contributed by atoms with E-state index >= 15 is 0 Å². The molecule has 0 aromatic heterocycles. The molecule has 0 saturated carbocycles. The Morgan fingerprint density at radius 1 is 1.32 bits per heavy atom. The number of unbranched alkanes of at least 4 members (excludes halogenated alkanes) is 1. The lowest BCUT2D eigenvalue weighted by Crippen LogP contribution is -2.45. The topological polar surface area (TPSA) is 29.5 Å². The molecule has 1 aromatic rings. The van der Waals surface area contributed by atoms with Crippen molar-refractivity contribution in [3.05, 3.63) is 48.6 Å². The minimum atomic E-state index is -0.985. The van der Waals surface area contributed by atoms with Gasteiger partial charge in [0.05, 0.1) is 12.2 Å². The molecule has 106 valence electrons. The van der Waals surface area contributed by atoms with Crippen LogP contribution >= 0.6 is 0 Å². The highest BCUT2D eigenvalue weighted by atomic mass is 16.5. The maximum absolute atomic E-state index is 11.1. The summed E-state index contributed by atoms with van der Waals surface area (Å²) in [5, 5.41) is 11.1. The summed E-state index contributed by atoms with van der Waals surface area (Å²) < 4.78 is 5.37. The maximum Gasteiger partial charge on any atom is 0.0980 e. The molecule has 1 rings (SSSR count). The third-order valence-electron chi connectivity index (χ3n) is 4.07. The average Bonchev–Trinajstić information content (AvgIpc) is 2.44. The van der Waals surface area contributed by atoms with Crippen LogP contribution in [-0.2, 0) is 10.3 Å². The van der Waals surface area contributed by atoms with Crippen molar-refractivity contribution in [3.8, 4) is 0 Å². The first kappa shape index (κ1) is 15.9. The second-order valence-electron chi connectivity index (χ2n) is 5.34. The average molecular weight is 262 g/mol. The van der Waals surface area contributed by atoms with E-state index in [9.17, 15) is 5.11 Å². The lowest BCUT2D eigenvalue weighted by atomic mass is 9.67. The molecule has 1 aromatic carbocycles. The van der Waals surface area contributed by atoms with Crippen LogP contribution in [0.4, 0.5) is 0 Å². The van der Waals surface area contributed by atoms with Crippen molar-refractivity contribution in [2.45, 2.75) is 38.7 Å². The summed E-state index contributed by atoms with van der Waals surface area (Å²) in [5.41, 5.74) is -0.539. The zero-order valence-electron chi connectivity index (χ0n) is 12.4. The van der Waals surface area contributed by atoms with Crippen molar-refractivity contribution < 1.29 is 9.84 Å². The zero-order valence-corrected chi connectivity index (χ0v) is 12.4. The Morgan fingerprint density at radius 3 is 2.42 bits per heavy atom. The molecule has 1 N–H and O–H groups in total. The molecule has 0 heterocycles. The Morgan fingerprint density at radius 2 is 1.95 bits per heavy atom. The zero-order chi connectivity index (χ0) is 14.4. The minimum Gasteiger partial charge on any atom is -0.384 e. The Balaban J connectivity index is 3.17. The first-order chi connectivity index (χ1) is 9.04. The standard InChI is InChI=1S/C17H26O2/c1-5-7-13-17(6-2,14-19-4)16(3,18)15-11-9-8-10-12-15/h6,8-12,18H,2,5,7,13-14H2,1,3-4H3/t16-,17+/m1/s1. The van der Waals surface area contributed by atoms with Crippen molar-refractivity contribution in [3.63, 3.8) is 0 Å². The molecule has 0 aliphatic carbocycles. The van der Waals surface area contributed by atoms with Crippen LogP contribution in [0.5, 0.6) is 0 Å². The molecule has 0 aliphatic heterocycles. The second-order valence-corrected chi connectivity index (χ2v) is 5.34. The van der Waals surface area contributed by atoms with Crippen molar-refractivity contribution in [1.29, 1.82) is 0 Å². The number of ether oxygens (including phenoxy) is 1. The van der Waals surface area contributed by atoms with Gasteiger partial charge in [0.15, 0.2) is 0 Å². The molecule has 0 bridgehead atoms. The fraction of sp³-hybridized carbons (Fsp3) is 0.529. The lowest BCUT2D eigenvalue weighted by molar-refractivity contribution is -0.0882. The highest BCUT2D eigenvalue weighted by Gasteiger charge is 2.45. The molecule has 0 saturated heterocycles. The van der Waals surface area contributed by atoms with Gasteiger partial charge in [-0.15, -0.1) is 6.58 Å². The van der Waals surface area contributed by atoms with Crippen LogP contribution < -0.4 is 0 Å². The van der Waals surface area contributed by atoms with Gasteiger partial charge in [-0.1, -0.05) is 56.2 Å². The van der Waals surface area contributed by atoms with Gasteiger partial charge in [-0.25, -0.2) is 0 Å². The van der Waals surface area contributed by atoms with Gasteiger partial charge in [0.25, 0.3) is 0 Å². The normalized spacial score (nSPS) is 17.5. The molecule has 2 nitrogen and oxygen atoms in total. The number of methoxy groups -OCH3 is 1. The predicted molar refractivity (Wildman–Crippen MR) is 80.0 cm³/mol. The van der Waals surface area contributed by atoms with Crippen LogP contribution in [0.2, 0.25) is 0 Å². The molecular formula is C17H26O2.